The van der Waals surface area contributed by atoms with E-state index >= 15 is 0 Å². The Morgan fingerprint density at radius 3 is 2.55 bits per heavy atom. The minimum Gasteiger partial charge on any atom is -0.378 e. The van der Waals surface area contributed by atoms with Gasteiger partial charge in [0.25, 0.3) is 0 Å². The Kier molecular flexibility index (Phi) is 2.49. The van der Waals surface area contributed by atoms with E-state index in [1.54, 1.807) is 14.2 Å². The lowest BCUT2D eigenvalue weighted by Crippen LogP contribution is -2.43. The molecule has 1 aliphatic carbocycles. The van der Waals surface area contributed by atoms with Crippen molar-refractivity contribution in [3.8, 4) is 0 Å². The van der Waals surface area contributed by atoms with Crippen molar-refractivity contribution >= 4 is 5.91 Å². The number of methoxy groups -OCH3 is 1. The van der Waals surface area contributed by atoms with Crippen molar-refractivity contribution in [1.82, 2.24) is 5.32 Å². The van der Waals surface area contributed by atoms with Gasteiger partial charge in [-0.2, -0.15) is 0 Å². The van der Waals surface area contributed by atoms with Crippen LogP contribution in [0.4, 0.5) is 0 Å². The molecule has 0 unspecified atom stereocenters. The molecule has 0 saturated heterocycles. The molecule has 3 nitrogen and oxygen atoms in total. The zero-order chi connectivity index (χ0) is 8.32. The maximum Gasteiger partial charge on any atom is 0.222 e. The molecule has 64 valence electrons. The lowest BCUT2D eigenvalue weighted by atomic mass is 9.77. The molecule has 3 heteroatoms. The monoisotopic (exact) mass is 157 g/mol. The van der Waals surface area contributed by atoms with Crippen LogP contribution in [0.2, 0.25) is 0 Å². The largest absolute Gasteiger partial charge is 0.378 e. The number of nitrogens with one attached hydrogen (secondary N) is 1. The number of rotatable bonds is 3. The second-order valence-corrected chi connectivity index (χ2v) is 3.09. The van der Waals surface area contributed by atoms with Crippen LogP contribution < -0.4 is 5.32 Å². The summed E-state index contributed by atoms with van der Waals surface area (Å²) in [5, 5.41) is 2.60. The quantitative estimate of drug-likeness (QED) is 0.654. The molecule has 11 heavy (non-hydrogen) atoms. The number of hydrogen-bond donors (Lipinski definition) is 1. The van der Waals surface area contributed by atoms with E-state index in [1.165, 1.54) is 6.42 Å². The van der Waals surface area contributed by atoms with Crippen molar-refractivity contribution in [2.24, 2.45) is 0 Å². The van der Waals surface area contributed by atoms with Gasteiger partial charge in [0, 0.05) is 14.2 Å². The fourth-order valence-electron chi connectivity index (χ4n) is 1.41. The topological polar surface area (TPSA) is 38.3 Å². The lowest BCUT2D eigenvalue weighted by molar-refractivity contribution is -0.133. The van der Waals surface area contributed by atoms with Crippen LogP contribution in [0, 0.1) is 0 Å². The molecule has 0 aliphatic heterocycles. The molecule has 1 saturated carbocycles. The summed E-state index contributed by atoms with van der Waals surface area (Å²) < 4.78 is 5.29. The summed E-state index contributed by atoms with van der Waals surface area (Å²) in [6, 6.07) is 0. The third kappa shape index (κ3) is 1.71. The van der Waals surface area contributed by atoms with Crippen LogP contribution in [-0.4, -0.2) is 25.7 Å². The van der Waals surface area contributed by atoms with Crippen LogP contribution in [0.25, 0.3) is 0 Å². The van der Waals surface area contributed by atoms with Gasteiger partial charge < -0.3 is 10.1 Å². The fraction of sp³-hybridized carbons (Fsp3) is 0.875. The molecule has 1 amide bonds. The van der Waals surface area contributed by atoms with Crippen LogP contribution in [0.1, 0.15) is 25.7 Å². The highest BCUT2D eigenvalue weighted by Crippen LogP contribution is 2.37. The zero-order valence-corrected chi connectivity index (χ0v) is 7.14. The van der Waals surface area contributed by atoms with E-state index in [0.717, 1.165) is 12.8 Å². The molecule has 0 bridgehead atoms. The minimum absolute atomic E-state index is 0.0755. The highest BCUT2D eigenvalue weighted by molar-refractivity contribution is 5.76. The lowest BCUT2D eigenvalue weighted by Gasteiger charge is -2.39. The number of carbonyl (C=O) groups is 1. The number of carbonyl (C=O) groups excluding carboxylic acids is 1. The molecule has 0 radical (unpaired) electrons. The summed E-state index contributed by atoms with van der Waals surface area (Å²) in [4.78, 5) is 11.0. The third-order valence-electron chi connectivity index (χ3n) is 2.46. The maximum atomic E-state index is 11.0. The maximum absolute atomic E-state index is 11.0. The standard InChI is InChI=1S/C8H15NO2/c1-9-7(10)6-8(11-2)4-3-5-8/h3-6H2,1-2H3,(H,9,10). The minimum atomic E-state index is -0.125. The second kappa shape index (κ2) is 3.22. The smallest absolute Gasteiger partial charge is 0.222 e. The van der Waals surface area contributed by atoms with E-state index in [0.29, 0.717) is 6.42 Å². The Balaban J connectivity index is 2.38. The van der Waals surface area contributed by atoms with Gasteiger partial charge in [0.05, 0.1) is 12.0 Å². The van der Waals surface area contributed by atoms with Crippen molar-refractivity contribution in [2.45, 2.75) is 31.3 Å². The van der Waals surface area contributed by atoms with E-state index in [9.17, 15) is 4.79 Å². The molecule has 0 spiro atoms. The van der Waals surface area contributed by atoms with Crippen molar-refractivity contribution in [3.05, 3.63) is 0 Å². The number of amides is 1. The summed E-state index contributed by atoms with van der Waals surface area (Å²) in [7, 11) is 3.34. The Morgan fingerprint density at radius 2 is 2.27 bits per heavy atom. The summed E-state index contributed by atoms with van der Waals surface area (Å²) in [5.41, 5.74) is -0.125. The highest BCUT2D eigenvalue weighted by atomic mass is 16.5. The summed E-state index contributed by atoms with van der Waals surface area (Å²) in [6.45, 7) is 0. The number of ether oxygens (including phenoxy) is 1. The van der Waals surface area contributed by atoms with Gasteiger partial charge in [0.15, 0.2) is 0 Å². The first kappa shape index (κ1) is 8.53. The third-order valence-corrected chi connectivity index (χ3v) is 2.46. The van der Waals surface area contributed by atoms with E-state index < -0.39 is 0 Å². The van der Waals surface area contributed by atoms with Crippen molar-refractivity contribution < 1.29 is 9.53 Å². The second-order valence-electron chi connectivity index (χ2n) is 3.09. The van der Waals surface area contributed by atoms with Gasteiger partial charge in [-0.3, -0.25) is 4.79 Å². The van der Waals surface area contributed by atoms with Gasteiger partial charge in [-0.15, -0.1) is 0 Å². The molecule has 0 aromatic heterocycles. The average Bonchev–Trinajstić information content (AvgIpc) is 1.96. The first-order chi connectivity index (χ1) is 5.22. The van der Waals surface area contributed by atoms with Crippen molar-refractivity contribution in [2.75, 3.05) is 14.2 Å². The van der Waals surface area contributed by atoms with E-state index in [2.05, 4.69) is 5.32 Å². The van der Waals surface area contributed by atoms with E-state index in [1.807, 2.05) is 0 Å². The molecule has 0 aromatic rings. The Hall–Kier alpha value is -0.570. The average molecular weight is 157 g/mol. The molecule has 1 rings (SSSR count). The van der Waals surface area contributed by atoms with Crippen LogP contribution in [0.15, 0.2) is 0 Å². The van der Waals surface area contributed by atoms with Crippen LogP contribution >= 0.6 is 0 Å². The van der Waals surface area contributed by atoms with Gasteiger partial charge in [-0.05, 0) is 19.3 Å². The molecular weight excluding hydrogens is 142 g/mol. The van der Waals surface area contributed by atoms with Gasteiger partial charge >= 0.3 is 0 Å². The molecular formula is C8H15NO2. The van der Waals surface area contributed by atoms with Crippen molar-refractivity contribution in [3.63, 3.8) is 0 Å². The van der Waals surface area contributed by atoms with Gasteiger partial charge in [0.1, 0.15) is 0 Å². The zero-order valence-electron chi connectivity index (χ0n) is 7.14. The highest BCUT2D eigenvalue weighted by Gasteiger charge is 2.38. The Morgan fingerprint density at radius 1 is 1.64 bits per heavy atom. The Labute approximate surface area is 67.1 Å². The van der Waals surface area contributed by atoms with Gasteiger partial charge in [-0.1, -0.05) is 0 Å². The molecule has 1 aliphatic rings. The first-order valence-corrected chi connectivity index (χ1v) is 3.98. The normalized spacial score (nSPS) is 20.5. The molecule has 0 aromatic carbocycles. The van der Waals surface area contributed by atoms with Crippen LogP contribution in [-0.2, 0) is 9.53 Å². The van der Waals surface area contributed by atoms with Crippen LogP contribution in [0.5, 0.6) is 0 Å². The fourth-order valence-corrected chi connectivity index (χ4v) is 1.41. The molecule has 1 fully saturated rings. The molecule has 0 atom stereocenters. The van der Waals surface area contributed by atoms with Crippen molar-refractivity contribution in [1.29, 1.82) is 0 Å². The molecule has 0 heterocycles. The van der Waals surface area contributed by atoms with Gasteiger partial charge in [0.2, 0.25) is 5.91 Å². The summed E-state index contributed by atoms with van der Waals surface area (Å²) >= 11 is 0. The predicted molar refractivity (Wildman–Crippen MR) is 42.3 cm³/mol. The van der Waals surface area contributed by atoms with Gasteiger partial charge in [-0.25, -0.2) is 0 Å². The van der Waals surface area contributed by atoms with Crippen LogP contribution in [0.3, 0.4) is 0 Å². The first-order valence-electron chi connectivity index (χ1n) is 3.98. The summed E-state index contributed by atoms with van der Waals surface area (Å²) in [5.74, 6) is 0.0755. The number of hydrogen-bond acceptors (Lipinski definition) is 2. The van der Waals surface area contributed by atoms with E-state index in [4.69, 9.17) is 4.74 Å². The summed E-state index contributed by atoms with van der Waals surface area (Å²) in [6.07, 6.45) is 3.75. The predicted octanol–water partition coefficient (Wildman–Crippen LogP) is 0.692. The SMILES string of the molecule is CNC(=O)CC1(OC)CCC1. The Bertz CT molecular complexity index is 147. The van der Waals surface area contributed by atoms with E-state index in [-0.39, 0.29) is 11.5 Å². The molecule has 1 N–H and O–H groups in total.